The maximum atomic E-state index is 13.9. The van der Waals surface area contributed by atoms with E-state index in [9.17, 15) is 20.1 Å². The number of hydrogen-bond donors (Lipinski definition) is 6. The minimum atomic E-state index is -1.39. The molecule has 9 nitrogen and oxygen atoms in total. The van der Waals surface area contributed by atoms with Gasteiger partial charge in [-0.3, -0.25) is 4.79 Å². The van der Waals surface area contributed by atoms with Gasteiger partial charge in [0, 0.05) is 29.8 Å². The smallest absolute Gasteiger partial charge is 0.240 e. The standard InChI is InChI=1S/C30H49N3O6S2/c1-16(2)12-19-10-11-38-27-20(13-19)15-32-23(27)29(37)33-22(28-25(35)24(34)26(36)30(39-28)40-5)17(3)41-21-8-6-18(7-9-21)14-31-4/h6-9,16-17,19-20,22-28,30-32,34-36H,10-15H2,1-5H3,(H,33,37)/t17-,19-,20-,22+,23-,24?,25?,26?,27+,28?,30?/m0/s1. The molecule has 0 aliphatic carbocycles. The van der Waals surface area contributed by atoms with Gasteiger partial charge >= 0.3 is 0 Å². The molecule has 0 radical (unpaired) electrons. The van der Waals surface area contributed by atoms with Crippen LogP contribution in [0, 0.1) is 17.8 Å². The van der Waals surface area contributed by atoms with E-state index in [4.69, 9.17) is 9.47 Å². The number of nitrogens with one attached hydrogen (secondary N) is 3. The minimum Gasteiger partial charge on any atom is -0.388 e. The molecule has 1 aromatic carbocycles. The molecule has 1 amide bonds. The van der Waals surface area contributed by atoms with Crippen LogP contribution in [0.15, 0.2) is 29.2 Å². The van der Waals surface area contributed by atoms with Crippen LogP contribution >= 0.6 is 23.5 Å². The Morgan fingerprint density at radius 3 is 2.51 bits per heavy atom. The summed E-state index contributed by atoms with van der Waals surface area (Å²) in [5, 5.41) is 41.7. The van der Waals surface area contributed by atoms with Crippen LogP contribution in [0.4, 0.5) is 0 Å². The number of fused-ring (bicyclic) bond motifs is 1. The number of aliphatic hydroxyl groups excluding tert-OH is 3. The van der Waals surface area contributed by atoms with Crippen LogP contribution in [0.2, 0.25) is 0 Å². The van der Waals surface area contributed by atoms with Crippen molar-refractivity contribution in [2.75, 3.05) is 26.5 Å². The molecular weight excluding hydrogens is 562 g/mol. The maximum Gasteiger partial charge on any atom is 0.240 e. The van der Waals surface area contributed by atoms with Crippen LogP contribution in [0.5, 0.6) is 0 Å². The lowest BCUT2D eigenvalue weighted by Gasteiger charge is -2.44. The number of aliphatic hydroxyl groups is 3. The van der Waals surface area contributed by atoms with E-state index in [1.807, 2.05) is 26.1 Å². The first-order chi connectivity index (χ1) is 19.6. The maximum absolute atomic E-state index is 13.9. The Morgan fingerprint density at radius 1 is 1.12 bits per heavy atom. The Labute approximate surface area is 253 Å². The van der Waals surface area contributed by atoms with Crippen molar-refractivity contribution in [3.8, 4) is 0 Å². The predicted octanol–water partition coefficient (Wildman–Crippen LogP) is 1.97. The Morgan fingerprint density at radius 2 is 1.85 bits per heavy atom. The molecule has 11 heteroatoms. The average molecular weight is 612 g/mol. The van der Waals surface area contributed by atoms with Gasteiger partial charge in [0.1, 0.15) is 35.9 Å². The van der Waals surface area contributed by atoms with Gasteiger partial charge in [0.05, 0.1) is 12.1 Å². The number of hydrogen-bond acceptors (Lipinski definition) is 10. The Bertz CT molecular complexity index is 970. The number of rotatable bonds is 11. The lowest BCUT2D eigenvalue weighted by atomic mass is 9.85. The highest BCUT2D eigenvalue weighted by Gasteiger charge is 2.50. The fourth-order valence-electron chi connectivity index (χ4n) is 6.54. The van der Waals surface area contributed by atoms with Crippen molar-refractivity contribution < 1.29 is 29.6 Å². The second-order valence-corrected chi connectivity index (χ2v) is 14.6. The fraction of sp³-hybridized carbons (Fsp3) is 0.767. The number of amides is 1. The van der Waals surface area contributed by atoms with Crippen molar-refractivity contribution in [1.82, 2.24) is 16.0 Å². The molecule has 232 valence electrons. The van der Waals surface area contributed by atoms with Crippen molar-refractivity contribution in [3.05, 3.63) is 29.8 Å². The third-order valence-electron chi connectivity index (χ3n) is 8.59. The summed E-state index contributed by atoms with van der Waals surface area (Å²) >= 11 is 2.84. The zero-order valence-electron chi connectivity index (χ0n) is 24.9. The molecule has 6 N–H and O–H groups in total. The first-order valence-electron chi connectivity index (χ1n) is 14.9. The summed E-state index contributed by atoms with van der Waals surface area (Å²) in [6, 6.07) is 7.07. The van der Waals surface area contributed by atoms with Crippen molar-refractivity contribution in [1.29, 1.82) is 0 Å². The highest BCUT2D eigenvalue weighted by atomic mass is 32.2. The van der Waals surface area contributed by atoms with Gasteiger partial charge in [0.15, 0.2) is 0 Å². The molecule has 0 spiro atoms. The van der Waals surface area contributed by atoms with E-state index in [0.717, 1.165) is 37.2 Å². The van der Waals surface area contributed by atoms with E-state index in [2.05, 4.69) is 41.9 Å². The van der Waals surface area contributed by atoms with Gasteiger partial charge in [-0.1, -0.05) is 32.9 Å². The number of carbonyl (C=O) groups excluding carboxylic acids is 1. The van der Waals surface area contributed by atoms with Crippen molar-refractivity contribution >= 4 is 29.4 Å². The molecule has 1 aromatic rings. The number of ether oxygens (including phenoxy) is 2. The summed E-state index contributed by atoms with van der Waals surface area (Å²) in [6.07, 6.45) is -0.0991. The highest BCUT2D eigenvalue weighted by molar-refractivity contribution is 8.00. The van der Waals surface area contributed by atoms with Crippen LogP contribution in [0.3, 0.4) is 0 Å². The van der Waals surface area contributed by atoms with Crippen LogP contribution in [-0.2, 0) is 20.8 Å². The number of thioether (sulfide) groups is 2. The molecule has 0 bridgehead atoms. The molecule has 0 aromatic heterocycles. The van der Waals surface area contributed by atoms with Gasteiger partial charge in [-0.05, 0) is 68.0 Å². The van der Waals surface area contributed by atoms with Gasteiger partial charge in [-0.25, -0.2) is 0 Å². The molecule has 5 unspecified atom stereocenters. The van der Waals surface area contributed by atoms with E-state index in [1.165, 1.54) is 17.3 Å². The third-order valence-corrected chi connectivity index (χ3v) is 10.7. The van der Waals surface area contributed by atoms with E-state index >= 15 is 0 Å². The highest BCUT2D eigenvalue weighted by Crippen LogP contribution is 2.36. The van der Waals surface area contributed by atoms with Gasteiger partial charge in [-0.2, -0.15) is 0 Å². The Balaban J connectivity index is 1.52. The SMILES string of the molecule is CNCc1ccc(S[C@@H](C)[C@@H](NC(=O)[C@H]2NC[C@@H]3C[C@H](CC(C)C)CCO[C@H]32)C2OC(SC)C(O)C(O)C2O)cc1. The number of benzene rings is 1. The molecule has 3 aliphatic heterocycles. The molecule has 3 saturated heterocycles. The summed E-state index contributed by atoms with van der Waals surface area (Å²) in [5.41, 5.74) is 0.439. The van der Waals surface area contributed by atoms with Crippen molar-refractivity contribution in [2.45, 2.75) is 105 Å². The lowest BCUT2D eigenvalue weighted by Crippen LogP contribution is -2.65. The molecule has 41 heavy (non-hydrogen) atoms. The van der Waals surface area contributed by atoms with Gasteiger partial charge in [0.25, 0.3) is 0 Å². The molecule has 11 atom stereocenters. The van der Waals surface area contributed by atoms with E-state index in [0.29, 0.717) is 18.4 Å². The lowest BCUT2D eigenvalue weighted by molar-refractivity contribution is -0.205. The predicted molar refractivity (Wildman–Crippen MR) is 164 cm³/mol. The zero-order valence-corrected chi connectivity index (χ0v) is 26.5. The van der Waals surface area contributed by atoms with Crippen LogP contribution in [0.25, 0.3) is 0 Å². The first kappa shape index (κ1) is 33.0. The van der Waals surface area contributed by atoms with E-state index in [1.54, 1.807) is 18.0 Å². The second-order valence-electron chi connectivity index (χ2n) is 12.2. The summed E-state index contributed by atoms with van der Waals surface area (Å²) < 4.78 is 12.4. The third kappa shape index (κ3) is 8.19. The summed E-state index contributed by atoms with van der Waals surface area (Å²) in [7, 11) is 1.91. The van der Waals surface area contributed by atoms with Crippen LogP contribution in [0.1, 0.15) is 45.6 Å². The average Bonchev–Trinajstić information content (AvgIpc) is 3.23. The van der Waals surface area contributed by atoms with Crippen LogP contribution < -0.4 is 16.0 Å². The van der Waals surface area contributed by atoms with Crippen molar-refractivity contribution in [2.24, 2.45) is 17.8 Å². The second kappa shape index (κ2) is 15.2. The van der Waals surface area contributed by atoms with E-state index in [-0.39, 0.29) is 23.2 Å². The summed E-state index contributed by atoms with van der Waals surface area (Å²) in [5.74, 6) is 1.30. The topological polar surface area (TPSA) is 132 Å². The molecule has 0 saturated carbocycles. The fourth-order valence-corrected chi connectivity index (χ4v) is 8.31. The molecular formula is C30H49N3O6S2. The molecule has 3 heterocycles. The number of carbonyl (C=O) groups is 1. The summed E-state index contributed by atoms with van der Waals surface area (Å²) in [4.78, 5) is 14.9. The Hall–Kier alpha value is -0.890. The quantitative estimate of drug-likeness (QED) is 0.207. The molecule has 4 rings (SSSR count). The Kier molecular flexibility index (Phi) is 12.2. The monoisotopic (exact) mass is 611 g/mol. The zero-order chi connectivity index (χ0) is 29.7. The van der Waals surface area contributed by atoms with Crippen LogP contribution in [-0.4, -0.2) is 101 Å². The van der Waals surface area contributed by atoms with Gasteiger partial charge in [0.2, 0.25) is 5.91 Å². The molecule has 3 fully saturated rings. The molecule has 3 aliphatic rings. The first-order valence-corrected chi connectivity index (χ1v) is 17.1. The summed E-state index contributed by atoms with van der Waals surface area (Å²) in [6.45, 7) is 8.64. The largest absolute Gasteiger partial charge is 0.388 e. The van der Waals surface area contributed by atoms with Gasteiger partial charge in [-0.15, -0.1) is 23.5 Å². The van der Waals surface area contributed by atoms with Gasteiger partial charge < -0.3 is 40.7 Å². The van der Waals surface area contributed by atoms with E-state index < -0.39 is 41.9 Å². The normalized spacial score (nSPS) is 35.5. The minimum absolute atomic E-state index is 0.196. The van der Waals surface area contributed by atoms with Crippen molar-refractivity contribution in [3.63, 3.8) is 0 Å².